The van der Waals surface area contributed by atoms with Crippen molar-refractivity contribution in [2.75, 3.05) is 6.54 Å². The smallest absolute Gasteiger partial charge is 0.243 e. The topological polar surface area (TPSA) is 73.2 Å². The van der Waals surface area contributed by atoms with E-state index in [-0.39, 0.29) is 24.4 Å². The van der Waals surface area contributed by atoms with E-state index in [2.05, 4.69) is 11.4 Å². The highest BCUT2D eigenvalue weighted by molar-refractivity contribution is 6.00. The number of rotatable bonds is 2. The van der Waals surface area contributed by atoms with Crippen LogP contribution in [0.25, 0.3) is 0 Å². The Kier molecular flexibility index (Phi) is 3.63. The zero-order chi connectivity index (χ0) is 14.0. The molecule has 1 aromatic rings. The third-order valence-corrected chi connectivity index (χ3v) is 3.38. The molecule has 98 valence electrons. The number of aryl methyl sites for hydroxylation is 1. The summed E-state index contributed by atoms with van der Waals surface area (Å²) < 4.78 is 0. The highest BCUT2D eigenvalue weighted by atomic mass is 16.2. The molecule has 1 aromatic carbocycles. The highest BCUT2D eigenvalue weighted by Gasteiger charge is 2.30. The van der Waals surface area contributed by atoms with Crippen LogP contribution in [0.2, 0.25) is 0 Å². The molecule has 0 spiro atoms. The fraction of sp³-hybridized carbons (Fsp3) is 0.357. The fourth-order valence-corrected chi connectivity index (χ4v) is 2.12. The Morgan fingerprint density at radius 1 is 1.47 bits per heavy atom. The maximum Gasteiger partial charge on any atom is 0.243 e. The van der Waals surface area contributed by atoms with Gasteiger partial charge >= 0.3 is 0 Å². The molecule has 1 fully saturated rings. The number of carbonyl (C=O) groups excluding carboxylic acids is 2. The van der Waals surface area contributed by atoms with Crippen molar-refractivity contribution in [2.24, 2.45) is 0 Å². The number of nitrogens with one attached hydrogen (secondary N) is 1. The first-order valence-corrected chi connectivity index (χ1v) is 6.08. The normalized spacial score (nSPS) is 19.9. The van der Waals surface area contributed by atoms with Gasteiger partial charge in [-0.3, -0.25) is 19.8 Å². The van der Waals surface area contributed by atoms with Crippen LogP contribution in [0.15, 0.2) is 18.2 Å². The van der Waals surface area contributed by atoms with Gasteiger partial charge in [0.15, 0.2) is 0 Å². The molecule has 2 amide bonds. The van der Waals surface area contributed by atoms with Crippen molar-refractivity contribution in [3.63, 3.8) is 0 Å². The number of imide groups is 1. The standard InChI is InChI=1S/C14H15N3O2/c1-9-5-11(6-15)3-4-12(9)7-17-8-13(18)16-14(19)10(17)2/h3-5,10H,7-8H2,1-2H3,(H,16,18,19). The number of benzene rings is 1. The zero-order valence-electron chi connectivity index (χ0n) is 10.9. The van der Waals surface area contributed by atoms with Crippen LogP contribution in [-0.2, 0) is 16.1 Å². The van der Waals surface area contributed by atoms with Crippen LogP contribution in [0, 0.1) is 18.3 Å². The van der Waals surface area contributed by atoms with Crippen molar-refractivity contribution >= 4 is 11.8 Å². The predicted octanol–water partition coefficient (Wildman–Crippen LogP) is 0.714. The molecule has 2 rings (SSSR count). The quantitative estimate of drug-likeness (QED) is 0.792. The molecule has 0 radical (unpaired) electrons. The molecule has 1 atom stereocenters. The third-order valence-electron chi connectivity index (χ3n) is 3.38. The summed E-state index contributed by atoms with van der Waals surface area (Å²) in [6.07, 6.45) is 0. The number of hydrogen-bond donors (Lipinski definition) is 1. The predicted molar refractivity (Wildman–Crippen MR) is 68.9 cm³/mol. The second-order valence-electron chi connectivity index (χ2n) is 4.75. The van der Waals surface area contributed by atoms with Gasteiger partial charge in [0, 0.05) is 6.54 Å². The van der Waals surface area contributed by atoms with Crippen LogP contribution >= 0.6 is 0 Å². The molecule has 0 bridgehead atoms. The van der Waals surface area contributed by atoms with Crippen molar-refractivity contribution in [2.45, 2.75) is 26.4 Å². The number of carbonyl (C=O) groups is 2. The summed E-state index contributed by atoms with van der Waals surface area (Å²) in [6, 6.07) is 7.20. The SMILES string of the molecule is Cc1cc(C#N)ccc1CN1CC(=O)NC(=O)C1C. The van der Waals surface area contributed by atoms with Gasteiger partial charge in [0.25, 0.3) is 0 Å². The Hall–Kier alpha value is -2.19. The summed E-state index contributed by atoms with van der Waals surface area (Å²) in [5.74, 6) is -0.531. The zero-order valence-corrected chi connectivity index (χ0v) is 10.9. The van der Waals surface area contributed by atoms with Crippen molar-refractivity contribution in [1.29, 1.82) is 5.26 Å². The van der Waals surface area contributed by atoms with E-state index in [1.54, 1.807) is 13.0 Å². The summed E-state index contributed by atoms with van der Waals surface area (Å²) in [4.78, 5) is 24.8. The molecule has 1 aliphatic rings. The first-order chi connectivity index (χ1) is 9.01. The minimum Gasteiger partial charge on any atom is -0.294 e. The van der Waals surface area contributed by atoms with E-state index in [9.17, 15) is 9.59 Å². The van der Waals surface area contributed by atoms with Gasteiger partial charge < -0.3 is 0 Å². The van der Waals surface area contributed by atoms with Crippen LogP contribution in [0.5, 0.6) is 0 Å². The molecule has 0 saturated carbocycles. The van der Waals surface area contributed by atoms with Crippen LogP contribution < -0.4 is 5.32 Å². The highest BCUT2D eigenvalue weighted by Crippen LogP contribution is 2.16. The van der Waals surface area contributed by atoms with E-state index in [0.29, 0.717) is 12.1 Å². The van der Waals surface area contributed by atoms with Crippen LogP contribution in [0.3, 0.4) is 0 Å². The molecule has 5 nitrogen and oxygen atoms in total. The van der Waals surface area contributed by atoms with Gasteiger partial charge in [-0.05, 0) is 37.1 Å². The second kappa shape index (κ2) is 5.21. The molecule has 1 unspecified atom stereocenters. The van der Waals surface area contributed by atoms with E-state index < -0.39 is 0 Å². The molecule has 1 heterocycles. The molecular formula is C14H15N3O2. The van der Waals surface area contributed by atoms with Gasteiger partial charge in [0.1, 0.15) is 0 Å². The Labute approximate surface area is 111 Å². The number of hydrogen-bond acceptors (Lipinski definition) is 4. The van der Waals surface area contributed by atoms with E-state index in [1.165, 1.54) is 0 Å². The maximum atomic E-state index is 11.6. The molecule has 1 N–H and O–H groups in total. The first-order valence-electron chi connectivity index (χ1n) is 6.08. The Bertz CT molecular complexity index is 575. The third kappa shape index (κ3) is 2.80. The molecule has 0 aliphatic carbocycles. The van der Waals surface area contributed by atoms with Gasteiger partial charge in [-0.25, -0.2) is 0 Å². The van der Waals surface area contributed by atoms with Gasteiger partial charge in [-0.1, -0.05) is 6.07 Å². The van der Waals surface area contributed by atoms with Crippen LogP contribution in [0.4, 0.5) is 0 Å². The average Bonchev–Trinajstić information content (AvgIpc) is 2.37. The molecule has 1 aliphatic heterocycles. The average molecular weight is 257 g/mol. The Morgan fingerprint density at radius 3 is 2.84 bits per heavy atom. The lowest BCUT2D eigenvalue weighted by Crippen LogP contribution is -2.56. The van der Waals surface area contributed by atoms with Gasteiger partial charge in [0.05, 0.1) is 24.2 Å². The Balaban J connectivity index is 2.19. The summed E-state index contributed by atoms with van der Waals surface area (Å²) in [7, 11) is 0. The van der Waals surface area contributed by atoms with E-state index in [4.69, 9.17) is 5.26 Å². The van der Waals surface area contributed by atoms with Gasteiger partial charge in [-0.15, -0.1) is 0 Å². The molecular weight excluding hydrogens is 242 g/mol. The molecule has 5 heteroatoms. The monoisotopic (exact) mass is 257 g/mol. The van der Waals surface area contributed by atoms with Crippen LogP contribution in [-0.4, -0.2) is 29.3 Å². The summed E-state index contributed by atoms with van der Waals surface area (Å²) in [5.41, 5.74) is 2.62. The number of amides is 2. The van der Waals surface area contributed by atoms with Crippen molar-refractivity contribution in [3.05, 3.63) is 34.9 Å². The summed E-state index contributed by atoms with van der Waals surface area (Å²) in [6.45, 7) is 4.44. The number of piperazine rings is 1. The summed E-state index contributed by atoms with van der Waals surface area (Å²) in [5, 5.41) is 11.1. The first kappa shape index (κ1) is 13.2. The van der Waals surface area contributed by atoms with Gasteiger partial charge in [0.2, 0.25) is 11.8 Å². The fourth-order valence-electron chi connectivity index (χ4n) is 2.12. The number of nitriles is 1. The maximum absolute atomic E-state index is 11.6. The Morgan fingerprint density at radius 2 is 2.21 bits per heavy atom. The summed E-state index contributed by atoms with van der Waals surface area (Å²) >= 11 is 0. The van der Waals surface area contributed by atoms with Crippen molar-refractivity contribution in [3.8, 4) is 6.07 Å². The minimum atomic E-state index is -0.326. The lowest BCUT2D eigenvalue weighted by Gasteiger charge is -2.31. The largest absolute Gasteiger partial charge is 0.294 e. The molecule has 1 saturated heterocycles. The van der Waals surface area contributed by atoms with Crippen molar-refractivity contribution in [1.82, 2.24) is 10.2 Å². The van der Waals surface area contributed by atoms with Crippen molar-refractivity contribution < 1.29 is 9.59 Å². The minimum absolute atomic E-state index is 0.215. The molecule has 19 heavy (non-hydrogen) atoms. The lowest BCUT2D eigenvalue weighted by atomic mass is 10.0. The number of nitrogens with zero attached hydrogens (tertiary/aromatic N) is 2. The van der Waals surface area contributed by atoms with E-state index in [0.717, 1.165) is 11.1 Å². The lowest BCUT2D eigenvalue weighted by molar-refractivity contribution is -0.139. The van der Waals surface area contributed by atoms with Gasteiger partial charge in [-0.2, -0.15) is 5.26 Å². The molecule has 0 aromatic heterocycles. The van der Waals surface area contributed by atoms with E-state index >= 15 is 0 Å². The van der Waals surface area contributed by atoms with Crippen LogP contribution in [0.1, 0.15) is 23.6 Å². The second-order valence-corrected chi connectivity index (χ2v) is 4.75. The van der Waals surface area contributed by atoms with E-state index in [1.807, 2.05) is 24.0 Å².